The minimum atomic E-state index is -0.270. The number of rotatable bonds is 6. The Labute approximate surface area is 160 Å². The molecule has 0 atom stereocenters. The van der Waals surface area contributed by atoms with E-state index in [1.165, 1.54) is 11.3 Å². The summed E-state index contributed by atoms with van der Waals surface area (Å²) < 4.78 is 10.7. The number of ether oxygens (including phenoxy) is 2. The molecular formula is C21H18N2O3S. The number of hydrogen-bond acceptors (Lipinski definition) is 5. The van der Waals surface area contributed by atoms with E-state index in [0.717, 1.165) is 37.7 Å². The molecule has 5 nitrogen and oxygen atoms in total. The Bertz CT molecular complexity index is 1070. The number of methoxy groups -OCH3 is 1. The smallest absolute Gasteiger partial charge is 0.310 e. The van der Waals surface area contributed by atoms with Gasteiger partial charge in [-0.05, 0) is 23.8 Å². The number of benzene rings is 2. The molecule has 2 aromatic carbocycles. The van der Waals surface area contributed by atoms with Gasteiger partial charge in [0.25, 0.3) is 0 Å². The number of carbonyl (C=O) groups excluding carboxylic acids is 1. The minimum Gasteiger partial charge on any atom is -0.497 e. The molecule has 0 saturated heterocycles. The van der Waals surface area contributed by atoms with Crippen LogP contribution < -0.4 is 4.74 Å². The summed E-state index contributed by atoms with van der Waals surface area (Å²) in [6.45, 7) is 0.231. The predicted molar refractivity (Wildman–Crippen MR) is 106 cm³/mol. The van der Waals surface area contributed by atoms with E-state index in [1.54, 1.807) is 13.3 Å². The Balaban J connectivity index is 1.40. The highest BCUT2D eigenvalue weighted by atomic mass is 32.1. The lowest BCUT2D eigenvalue weighted by molar-refractivity contribution is -0.144. The van der Waals surface area contributed by atoms with Crippen LogP contribution >= 0.6 is 11.3 Å². The minimum absolute atomic E-state index is 0.206. The summed E-state index contributed by atoms with van der Waals surface area (Å²) >= 11 is 1.53. The van der Waals surface area contributed by atoms with E-state index in [0.29, 0.717) is 0 Å². The largest absolute Gasteiger partial charge is 0.497 e. The molecule has 0 unspecified atom stereocenters. The Hall–Kier alpha value is -3.12. The Kier molecular flexibility index (Phi) is 4.89. The third-order valence-electron chi connectivity index (χ3n) is 4.26. The van der Waals surface area contributed by atoms with Gasteiger partial charge in [-0.1, -0.05) is 30.3 Å². The maximum absolute atomic E-state index is 12.3. The van der Waals surface area contributed by atoms with Gasteiger partial charge in [0.05, 0.1) is 18.4 Å². The molecule has 1 N–H and O–H groups in total. The standard InChI is InChI=1S/C21H18N2O3S/c1-25-16-7-8-19-18(10-16)15(11-22-19)9-20(24)26-13-17-12-23-21(27-17)14-5-3-2-4-6-14/h2-8,10-12,22H,9,13H2,1H3. The van der Waals surface area contributed by atoms with Crippen molar-refractivity contribution in [1.82, 2.24) is 9.97 Å². The first-order chi connectivity index (χ1) is 13.2. The molecule has 0 bridgehead atoms. The molecule has 0 amide bonds. The summed E-state index contributed by atoms with van der Waals surface area (Å²) in [4.78, 5) is 20.8. The van der Waals surface area contributed by atoms with Crippen molar-refractivity contribution in [1.29, 1.82) is 0 Å². The molecule has 0 aliphatic heterocycles. The second kappa shape index (κ2) is 7.63. The molecule has 2 aromatic heterocycles. The van der Waals surface area contributed by atoms with Crippen molar-refractivity contribution < 1.29 is 14.3 Å². The van der Waals surface area contributed by atoms with Crippen LogP contribution in [0.15, 0.2) is 60.9 Å². The molecule has 6 heteroatoms. The number of H-pyrrole nitrogens is 1. The zero-order valence-corrected chi connectivity index (χ0v) is 15.6. The summed E-state index contributed by atoms with van der Waals surface area (Å²) in [5.74, 6) is 0.489. The molecule has 136 valence electrons. The van der Waals surface area contributed by atoms with Crippen molar-refractivity contribution in [2.45, 2.75) is 13.0 Å². The quantitative estimate of drug-likeness (QED) is 0.499. The Morgan fingerprint density at radius 3 is 2.85 bits per heavy atom. The molecular weight excluding hydrogens is 360 g/mol. The highest BCUT2D eigenvalue weighted by Crippen LogP contribution is 2.26. The first kappa shape index (κ1) is 17.3. The topological polar surface area (TPSA) is 64.2 Å². The molecule has 0 fully saturated rings. The fourth-order valence-electron chi connectivity index (χ4n) is 2.88. The van der Waals surface area contributed by atoms with Gasteiger partial charge in [0, 0.05) is 28.9 Å². The normalized spacial score (nSPS) is 10.9. The van der Waals surface area contributed by atoms with Crippen LogP contribution in [0.3, 0.4) is 0 Å². The number of nitrogens with one attached hydrogen (secondary N) is 1. The lowest BCUT2D eigenvalue weighted by atomic mass is 10.1. The van der Waals surface area contributed by atoms with Gasteiger partial charge in [-0.2, -0.15) is 0 Å². The van der Waals surface area contributed by atoms with Crippen LogP contribution in [0.1, 0.15) is 10.4 Å². The first-order valence-corrected chi connectivity index (χ1v) is 9.34. The molecule has 0 radical (unpaired) electrons. The fourth-order valence-corrected chi connectivity index (χ4v) is 3.71. The van der Waals surface area contributed by atoms with Gasteiger partial charge in [0.1, 0.15) is 17.4 Å². The van der Waals surface area contributed by atoms with E-state index < -0.39 is 0 Å². The lowest BCUT2D eigenvalue weighted by Crippen LogP contribution is -2.07. The van der Waals surface area contributed by atoms with Crippen molar-refractivity contribution in [2.24, 2.45) is 0 Å². The van der Waals surface area contributed by atoms with Crippen molar-refractivity contribution in [3.63, 3.8) is 0 Å². The van der Waals surface area contributed by atoms with Crippen LogP contribution in [-0.4, -0.2) is 23.0 Å². The number of hydrogen-bond donors (Lipinski definition) is 1. The SMILES string of the molecule is COc1ccc2[nH]cc(CC(=O)OCc3cnc(-c4ccccc4)s3)c2c1. The van der Waals surface area contributed by atoms with Gasteiger partial charge in [0.15, 0.2) is 0 Å². The summed E-state index contributed by atoms with van der Waals surface area (Å²) in [6.07, 6.45) is 3.81. The average Bonchev–Trinajstić information content (AvgIpc) is 3.34. The average molecular weight is 378 g/mol. The summed E-state index contributed by atoms with van der Waals surface area (Å²) in [6, 6.07) is 15.7. The van der Waals surface area contributed by atoms with Crippen LogP contribution in [-0.2, 0) is 22.6 Å². The second-order valence-electron chi connectivity index (χ2n) is 6.06. The van der Waals surface area contributed by atoms with E-state index >= 15 is 0 Å². The number of aromatic amines is 1. The number of fused-ring (bicyclic) bond motifs is 1. The van der Waals surface area contributed by atoms with Crippen molar-refractivity contribution in [2.75, 3.05) is 7.11 Å². The molecule has 0 aliphatic rings. The van der Waals surface area contributed by atoms with E-state index in [1.807, 2.05) is 54.7 Å². The highest BCUT2D eigenvalue weighted by molar-refractivity contribution is 7.15. The number of thiazole rings is 1. The van der Waals surface area contributed by atoms with E-state index in [9.17, 15) is 4.79 Å². The molecule has 0 aliphatic carbocycles. The predicted octanol–water partition coefficient (Wildman–Crippen LogP) is 4.59. The maximum atomic E-state index is 12.3. The summed E-state index contributed by atoms with van der Waals surface area (Å²) in [5.41, 5.74) is 2.92. The van der Waals surface area contributed by atoms with Gasteiger partial charge >= 0.3 is 5.97 Å². The molecule has 0 saturated carbocycles. The zero-order chi connectivity index (χ0) is 18.6. The third-order valence-corrected chi connectivity index (χ3v) is 5.28. The maximum Gasteiger partial charge on any atom is 0.310 e. The molecule has 27 heavy (non-hydrogen) atoms. The second-order valence-corrected chi connectivity index (χ2v) is 7.18. The molecule has 4 rings (SSSR count). The van der Waals surface area contributed by atoms with Crippen molar-refractivity contribution in [3.8, 4) is 16.3 Å². The third kappa shape index (κ3) is 3.85. The van der Waals surface area contributed by atoms with Crippen LogP contribution in [0.25, 0.3) is 21.5 Å². The van der Waals surface area contributed by atoms with Crippen molar-refractivity contribution >= 4 is 28.2 Å². The molecule has 2 heterocycles. The van der Waals surface area contributed by atoms with Crippen LogP contribution in [0, 0.1) is 0 Å². The summed E-state index contributed by atoms with van der Waals surface area (Å²) in [7, 11) is 1.63. The van der Waals surface area contributed by atoms with E-state index in [4.69, 9.17) is 9.47 Å². The van der Waals surface area contributed by atoms with Gasteiger partial charge in [-0.15, -0.1) is 11.3 Å². The van der Waals surface area contributed by atoms with Crippen LogP contribution in [0.4, 0.5) is 0 Å². The van der Waals surface area contributed by atoms with Crippen molar-refractivity contribution in [3.05, 3.63) is 71.4 Å². The van der Waals surface area contributed by atoms with E-state index in [2.05, 4.69) is 9.97 Å². The molecule has 0 spiro atoms. The monoisotopic (exact) mass is 378 g/mol. The Morgan fingerprint density at radius 1 is 1.19 bits per heavy atom. The number of carbonyl (C=O) groups is 1. The highest BCUT2D eigenvalue weighted by Gasteiger charge is 2.12. The molecule has 4 aromatic rings. The zero-order valence-electron chi connectivity index (χ0n) is 14.8. The Morgan fingerprint density at radius 2 is 2.04 bits per heavy atom. The van der Waals surface area contributed by atoms with E-state index in [-0.39, 0.29) is 19.0 Å². The fraction of sp³-hybridized carbons (Fsp3) is 0.143. The van der Waals surface area contributed by atoms with Gasteiger partial charge in [0.2, 0.25) is 0 Å². The van der Waals surface area contributed by atoms with Gasteiger partial charge in [-0.3, -0.25) is 4.79 Å². The lowest BCUT2D eigenvalue weighted by Gasteiger charge is -2.03. The van der Waals surface area contributed by atoms with Gasteiger partial charge in [-0.25, -0.2) is 4.98 Å². The van der Waals surface area contributed by atoms with Gasteiger partial charge < -0.3 is 14.5 Å². The van der Waals surface area contributed by atoms with Crippen LogP contribution in [0.5, 0.6) is 5.75 Å². The first-order valence-electron chi connectivity index (χ1n) is 8.52. The number of nitrogens with zero attached hydrogens (tertiary/aromatic N) is 1. The number of aromatic nitrogens is 2. The summed E-state index contributed by atoms with van der Waals surface area (Å²) in [5, 5.41) is 1.89. The van der Waals surface area contributed by atoms with Crippen LogP contribution in [0.2, 0.25) is 0 Å². The number of esters is 1.